The zero-order valence-electron chi connectivity index (χ0n) is 11.3. The van der Waals surface area contributed by atoms with Crippen molar-refractivity contribution >= 4 is 21.4 Å². The molecule has 0 radical (unpaired) electrons. The van der Waals surface area contributed by atoms with Crippen LogP contribution in [0.4, 0.5) is 14.5 Å². The first-order chi connectivity index (χ1) is 9.84. The van der Waals surface area contributed by atoms with E-state index in [-0.39, 0.29) is 11.6 Å². The number of para-hydroxylation sites is 1. The molecule has 1 aromatic carbocycles. The Balaban J connectivity index is 2.27. The van der Waals surface area contributed by atoms with Crippen LogP contribution in [0.25, 0.3) is 0 Å². The second kappa shape index (κ2) is 6.07. The highest BCUT2D eigenvalue weighted by atomic mass is 32.2. The first-order valence-corrected chi connectivity index (χ1v) is 8.04. The van der Waals surface area contributed by atoms with Crippen LogP contribution in [0, 0.1) is 5.92 Å². The monoisotopic (exact) mass is 318 g/mol. The Kier molecular flexibility index (Phi) is 4.58. The average molecular weight is 318 g/mol. The van der Waals surface area contributed by atoms with Crippen LogP contribution in [0.5, 0.6) is 0 Å². The Hall–Kier alpha value is -1.54. The van der Waals surface area contributed by atoms with Crippen LogP contribution in [0.1, 0.15) is 13.3 Å². The van der Waals surface area contributed by atoms with E-state index in [2.05, 4.69) is 10.6 Å². The molecule has 1 aliphatic rings. The maximum absolute atomic E-state index is 12.7. The molecule has 8 heteroatoms. The molecule has 116 valence electrons. The van der Waals surface area contributed by atoms with Crippen molar-refractivity contribution in [2.75, 3.05) is 11.9 Å². The number of benzene rings is 1. The molecule has 2 unspecified atom stereocenters. The number of anilines is 1. The smallest absolute Gasteiger partial charge is 0.324 e. The van der Waals surface area contributed by atoms with Crippen molar-refractivity contribution < 1.29 is 22.0 Å². The van der Waals surface area contributed by atoms with E-state index >= 15 is 0 Å². The van der Waals surface area contributed by atoms with Gasteiger partial charge in [0, 0.05) is 0 Å². The lowest BCUT2D eigenvalue weighted by Crippen LogP contribution is -2.39. The summed E-state index contributed by atoms with van der Waals surface area (Å²) in [4.78, 5) is 11.5. The van der Waals surface area contributed by atoms with Gasteiger partial charge in [-0.25, -0.2) is 8.42 Å². The molecule has 5 nitrogen and oxygen atoms in total. The largest absolute Gasteiger partial charge is 0.341 e. The first kappa shape index (κ1) is 15.8. The number of sulfone groups is 1. The fourth-order valence-electron chi connectivity index (χ4n) is 2.31. The predicted octanol–water partition coefficient (Wildman–Crippen LogP) is 1.62. The molecule has 0 aliphatic carbocycles. The van der Waals surface area contributed by atoms with E-state index < -0.39 is 32.4 Å². The van der Waals surface area contributed by atoms with Crippen molar-refractivity contribution in [3.63, 3.8) is 0 Å². The van der Waals surface area contributed by atoms with Crippen LogP contribution in [-0.4, -0.2) is 32.7 Å². The average Bonchev–Trinajstić information content (AvgIpc) is 2.85. The van der Waals surface area contributed by atoms with Gasteiger partial charge in [-0.05, 0) is 31.0 Å². The molecule has 2 N–H and O–H groups in total. The van der Waals surface area contributed by atoms with Crippen LogP contribution in [-0.2, 0) is 14.6 Å². The Morgan fingerprint density at radius 3 is 2.62 bits per heavy atom. The van der Waals surface area contributed by atoms with Gasteiger partial charge in [0.1, 0.15) is 0 Å². The molecule has 0 spiro atoms. The van der Waals surface area contributed by atoms with Gasteiger partial charge < -0.3 is 10.6 Å². The van der Waals surface area contributed by atoms with Gasteiger partial charge in [0.2, 0.25) is 15.7 Å². The van der Waals surface area contributed by atoms with E-state index in [1.165, 1.54) is 18.2 Å². The highest BCUT2D eigenvalue weighted by Crippen LogP contribution is 2.27. The van der Waals surface area contributed by atoms with Gasteiger partial charge in [0.25, 0.3) is 0 Å². The fraction of sp³-hybridized carbons (Fsp3) is 0.462. The van der Waals surface area contributed by atoms with Crippen LogP contribution in [0.15, 0.2) is 29.2 Å². The number of hydrogen-bond donors (Lipinski definition) is 2. The zero-order chi connectivity index (χ0) is 15.6. The van der Waals surface area contributed by atoms with Gasteiger partial charge in [0.05, 0.1) is 16.6 Å². The van der Waals surface area contributed by atoms with E-state index in [4.69, 9.17) is 0 Å². The van der Waals surface area contributed by atoms with Crippen molar-refractivity contribution in [2.45, 2.75) is 30.0 Å². The molecule has 1 saturated heterocycles. The Morgan fingerprint density at radius 2 is 2.05 bits per heavy atom. The molecule has 0 aromatic heterocycles. The lowest BCUT2D eigenvalue weighted by Gasteiger charge is -2.17. The van der Waals surface area contributed by atoms with Crippen molar-refractivity contribution in [3.8, 4) is 0 Å². The second-order valence-corrected chi connectivity index (χ2v) is 6.88. The summed E-state index contributed by atoms with van der Waals surface area (Å²) in [7, 11) is -4.76. The van der Waals surface area contributed by atoms with Crippen molar-refractivity contribution in [2.24, 2.45) is 5.92 Å². The molecule has 21 heavy (non-hydrogen) atoms. The summed E-state index contributed by atoms with van der Waals surface area (Å²) in [5.41, 5.74) is -0.122. The van der Waals surface area contributed by atoms with E-state index in [9.17, 15) is 22.0 Å². The van der Waals surface area contributed by atoms with Crippen molar-refractivity contribution in [1.29, 1.82) is 0 Å². The molecule has 2 rings (SSSR count). The summed E-state index contributed by atoms with van der Waals surface area (Å²) >= 11 is 0. The van der Waals surface area contributed by atoms with Crippen LogP contribution >= 0.6 is 0 Å². The van der Waals surface area contributed by atoms with Crippen LogP contribution in [0.2, 0.25) is 0 Å². The summed E-state index contributed by atoms with van der Waals surface area (Å²) < 4.78 is 48.5. The first-order valence-electron chi connectivity index (χ1n) is 6.49. The molecular formula is C13H16F2N2O3S. The fourth-order valence-corrected chi connectivity index (χ4v) is 3.20. The lowest BCUT2D eigenvalue weighted by molar-refractivity contribution is -0.118. The predicted molar refractivity (Wildman–Crippen MR) is 73.8 cm³/mol. The van der Waals surface area contributed by atoms with Crippen LogP contribution < -0.4 is 10.6 Å². The van der Waals surface area contributed by atoms with Crippen molar-refractivity contribution in [1.82, 2.24) is 5.32 Å². The Morgan fingerprint density at radius 1 is 1.38 bits per heavy atom. The van der Waals surface area contributed by atoms with Gasteiger partial charge >= 0.3 is 5.76 Å². The minimum Gasteiger partial charge on any atom is -0.324 e. The second-order valence-electron chi connectivity index (χ2n) is 4.99. The summed E-state index contributed by atoms with van der Waals surface area (Å²) in [6.07, 6.45) is 0.828. The van der Waals surface area contributed by atoms with Gasteiger partial charge in [-0.2, -0.15) is 8.78 Å². The molecule has 2 atom stereocenters. The zero-order valence-corrected chi connectivity index (χ0v) is 12.2. The maximum Gasteiger partial charge on any atom is 0.341 e. The number of rotatable bonds is 4. The van der Waals surface area contributed by atoms with Gasteiger partial charge in [0.15, 0.2) is 0 Å². The number of amides is 1. The normalized spacial score (nSPS) is 22.5. The third kappa shape index (κ3) is 3.21. The minimum absolute atomic E-state index is 0.101. The number of alkyl halides is 2. The number of carbonyl (C=O) groups excluding carboxylic acids is 1. The molecule has 0 saturated carbocycles. The summed E-state index contributed by atoms with van der Waals surface area (Å²) in [6.45, 7) is 2.59. The van der Waals surface area contributed by atoms with Crippen molar-refractivity contribution in [3.05, 3.63) is 24.3 Å². The number of nitrogens with one attached hydrogen (secondary N) is 2. The van der Waals surface area contributed by atoms with E-state index in [0.717, 1.165) is 12.5 Å². The number of halogens is 2. The SMILES string of the molecule is CC1CCNC1C(=O)Nc1ccccc1S(=O)(=O)C(F)F. The van der Waals surface area contributed by atoms with Gasteiger partial charge in [-0.15, -0.1) is 0 Å². The number of hydrogen-bond acceptors (Lipinski definition) is 4. The third-order valence-corrected chi connectivity index (χ3v) is 4.94. The summed E-state index contributed by atoms with van der Waals surface area (Å²) in [5, 5.41) is 5.43. The van der Waals surface area contributed by atoms with Gasteiger partial charge in [-0.3, -0.25) is 4.79 Å². The highest BCUT2D eigenvalue weighted by Gasteiger charge is 2.32. The molecule has 1 heterocycles. The molecule has 0 bridgehead atoms. The molecular weight excluding hydrogens is 302 g/mol. The molecule has 1 aliphatic heterocycles. The Bertz CT molecular complexity index is 634. The Labute approximate surface area is 121 Å². The highest BCUT2D eigenvalue weighted by molar-refractivity contribution is 7.91. The molecule has 1 amide bonds. The molecule has 1 aromatic rings. The summed E-state index contributed by atoms with van der Waals surface area (Å²) in [5.74, 6) is -3.85. The molecule has 1 fully saturated rings. The van der Waals surface area contributed by atoms with Crippen LogP contribution in [0.3, 0.4) is 0 Å². The van der Waals surface area contributed by atoms with E-state index in [1.54, 1.807) is 0 Å². The number of carbonyl (C=O) groups is 1. The quantitative estimate of drug-likeness (QED) is 0.884. The van der Waals surface area contributed by atoms with E-state index in [1.807, 2.05) is 6.92 Å². The minimum atomic E-state index is -4.76. The van der Waals surface area contributed by atoms with E-state index in [0.29, 0.717) is 6.54 Å². The lowest BCUT2D eigenvalue weighted by atomic mass is 10.0. The summed E-state index contributed by atoms with van der Waals surface area (Å²) in [6, 6.07) is 4.72. The third-order valence-electron chi connectivity index (χ3n) is 3.50. The van der Waals surface area contributed by atoms with Gasteiger partial charge in [-0.1, -0.05) is 19.1 Å². The maximum atomic E-state index is 12.7. The topological polar surface area (TPSA) is 75.3 Å². The standard InChI is InChI=1S/C13H16F2N2O3S/c1-8-6-7-16-11(8)12(18)17-9-4-2-3-5-10(9)21(19,20)13(14)15/h2-5,8,11,13,16H,6-7H2,1H3,(H,17,18).